The van der Waals surface area contributed by atoms with Gasteiger partial charge in [-0.1, -0.05) is 47.5 Å². The van der Waals surface area contributed by atoms with E-state index < -0.39 is 19.3 Å². The molecule has 156 valence electrons. The molecule has 0 aliphatic carbocycles. The number of nitrogens with zero attached hydrogens (tertiary/aromatic N) is 3. The predicted molar refractivity (Wildman–Crippen MR) is 116 cm³/mol. The fraction of sp³-hybridized carbons (Fsp3) is 0.550. The number of hydrogen-bond donors (Lipinski definition) is 2. The van der Waals surface area contributed by atoms with Gasteiger partial charge in [0, 0.05) is 5.41 Å². The van der Waals surface area contributed by atoms with Crippen molar-refractivity contribution >= 4 is 31.3 Å². The number of hydrogen-bond acceptors (Lipinski definition) is 6. The molecule has 2 heterocycles. The Labute approximate surface area is 172 Å². The molecular weight excluding hydrogens is 386 g/mol. The Morgan fingerprint density at radius 1 is 1.21 bits per heavy atom. The molecule has 0 atom stereocenters. The fourth-order valence-corrected chi connectivity index (χ4v) is 2.76. The molecule has 0 saturated carbocycles. The van der Waals surface area contributed by atoms with E-state index in [0.717, 1.165) is 0 Å². The number of carbonyl (C=O) groups is 1. The second-order valence-electron chi connectivity index (χ2n) is 9.40. The molecular formula is C20H29N5O3Si. The smallest absolute Gasteiger partial charge is 0.280 e. The number of carbonyl (C=O) groups excluding carboxylic acids is 1. The first-order valence-corrected chi connectivity index (χ1v) is 12.3. The van der Waals surface area contributed by atoms with Crippen molar-refractivity contribution in [1.29, 1.82) is 0 Å². The van der Waals surface area contributed by atoms with Gasteiger partial charge in [0.25, 0.3) is 5.56 Å². The minimum absolute atomic E-state index is 0.0401. The van der Waals surface area contributed by atoms with Crippen LogP contribution in [0.25, 0.3) is 11.2 Å². The Balaban J connectivity index is 2.20. The molecule has 0 fully saturated rings. The lowest BCUT2D eigenvalue weighted by atomic mass is 9.96. The zero-order valence-electron chi connectivity index (χ0n) is 18.4. The molecule has 8 nitrogen and oxygen atoms in total. The summed E-state index contributed by atoms with van der Waals surface area (Å²) in [4.78, 5) is 39.5. The van der Waals surface area contributed by atoms with Gasteiger partial charge in [-0.05, 0) is 24.1 Å². The van der Waals surface area contributed by atoms with E-state index in [1.165, 1.54) is 6.20 Å². The average molecular weight is 416 g/mol. The van der Waals surface area contributed by atoms with Gasteiger partial charge in [0.15, 0.2) is 19.5 Å². The van der Waals surface area contributed by atoms with E-state index in [-0.39, 0.29) is 28.1 Å². The summed E-state index contributed by atoms with van der Waals surface area (Å²) in [5.74, 6) is 5.59. The largest absolute Gasteiger partial charge is 0.406 e. The molecule has 0 spiro atoms. The maximum atomic E-state index is 12.3. The molecule has 2 N–H and O–H groups in total. The average Bonchev–Trinajstić information content (AvgIpc) is 2.57. The highest BCUT2D eigenvalue weighted by molar-refractivity contribution is 6.74. The Morgan fingerprint density at radius 2 is 1.86 bits per heavy atom. The number of rotatable bonds is 3. The van der Waals surface area contributed by atoms with Crippen LogP contribution >= 0.6 is 0 Å². The Hall–Kier alpha value is -2.57. The van der Waals surface area contributed by atoms with Gasteiger partial charge < -0.3 is 4.43 Å². The number of nitrogens with one attached hydrogen (secondary N) is 2. The first-order valence-electron chi connectivity index (χ1n) is 9.42. The van der Waals surface area contributed by atoms with Crippen molar-refractivity contribution in [2.75, 3.05) is 11.9 Å². The van der Waals surface area contributed by atoms with Crippen LogP contribution in [-0.4, -0.2) is 40.8 Å². The van der Waals surface area contributed by atoms with E-state index in [1.807, 2.05) is 0 Å². The SMILES string of the molecule is CC(C)(C)C(=O)Nc1nc2ncc(C#CCO[Si](C)(C)C(C)(C)C)nc2c(=O)[nH]1. The number of aromatic amines is 1. The van der Waals surface area contributed by atoms with Crippen molar-refractivity contribution in [3.63, 3.8) is 0 Å². The third-order valence-electron chi connectivity index (χ3n) is 4.86. The van der Waals surface area contributed by atoms with E-state index in [2.05, 4.69) is 71.0 Å². The lowest BCUT2D eigenvalue weighted by molar-refractivity contribution is -0.123. The van der Waals surface area contributed by atoms with Crippen molar-refractivity contribution < 1.29 is 9.22 Å². The molecule has 0 saturated heterocycles. The fourth-order valence-electron chi connectivity index (χ4n) is 1.89. The molecule has 9 heteroatoms. The minimum Gasteiger partial charge on any atom is -0.406 e. The number of amides is 1. The first-order chi connectivity index (χ1) is 13.2. The minimum atomic E-state index is -1.87. The highest BCUT2D eigenvalue weighted by Gasteiger charge is 2.36. The van der Waals surface area contributed by atoms with Crippen LogP contribution in [0.2, 0.25) is 18.1 Å². The summed E-state index contributed by atoms with van der Waals surface area (Å²) >= 11 is 0. The summed E-state index contributed by atoms with van der Waals surface area (Å²) in [6, 6.07) is 0. The standard InChI is InChI=1S/C20H29N5O3Si/c1-19(2,3)17(27)25-18-23-15-14(16(26)24-18)22-13(12-21-15)10-9-11-28-29(7,8)20(4,5)6/h12H,11H2,1-8H3,(H2,21,23,24,25,26,27). The van der Waals surface area contributed by atoms with Crippen LogP contribution in [0.5, 0.6) is 0 Å². The van der Waals surface area contributed by atoms with E-state index in [1.54, 1.807) is 20.8 Å². The monoisotopic (exact) mass is 415 g/mol. The third kappa shape index (κ3) is 5.71. The molecule has 0 bridgehead atoms. The van der Waals surface area contributed by atoms with Crippen molar-refractivity contribution in [3.05, 3.63) is 22.2 Å². The summed E-state index contributed by atoms with van der Waals surface area (Å²) < 4.78 is 6.00. The third-order valence-corrected chi connectivity index (χ3v) is 9.34. The van der Waals surface area contributed by atoms with Crippen molar-refractivity contribution in [3.8, 4) is 11.8 Å². The van der Waals surface area contributed by atoms with Crippen LogP contribution in [0, 0.1) is 17.3 Å². The summed E-state index contributed by atoms with van der Waals surface area (Å²) in [7, 11) is -1.87. The number of aromatic nitrogens is 4. The van der Waals surface area contributed by atoms with E-state index in [9.17, 15) is 9.59 Å². The Kier molecular flexibility index (Phi) is 6.30. The van der Waals surface area contributed by atoms with Gasteiger partial charge in [-0.25, -0.2) is 9.97 Å². The van der Waals surface area contributed by atoms with Crippen LogP contribution in [0.1, 0.15) is 47.2 Å². The first kappa shape index (κ1) is 22.7. The maximum Gasteiger partial charge on any atom is 0.280 e. The van der Waals surface area contributed by atoms with E-state index >= 15 is 0 Å². The molecule has 0 aliphatic rings. The van der Waals surface area contributed by atoms with Gasteiger partial charge in [-0.2, -0.15) is 4.98 Å². The van der Waals surface area contributed by atoms with Crippen molar-refractivity contribution in [2.45, 2.75) is 59.7 Å². The molecule has 0 aromatic carbocycles. The number of fused-ring (bicyclic) bond motifs is 1. The summed E-state index contributed by atoms with van der Waals surface area (Å²) in [6.45, 7) is 16.4. The summed E-state index contributed by atoms with van der Waals surface area (Å²) in [5, 5.41) is 2.69. The topological polar surface area (TPSA) is 110 Å². The molecule has 1 amide bonds. The molecule has 0 aliphatic heterocycles. The highest BCUT2D eigenvalue weighted by atomic mass is 28.4. The van der Waals surface area contributed by atoms with E-state index in [0.29, 0.717) is 12.3 Å². The van der Waals surface area contributed by atoms with Gasteiger partial charge in [-0.15, -0.1) is 0 Å². The zero-order chi connectivity index (χ0) is 22.0. The Bertz CT molecular complexity index is 1040. The number of anilines is 1. The van der Waals surface area contributed by atoms with Gasteiger partial charge in [0.05, 0.1) is 12.8 Å². The molecule has 0 radical (unpaired) electrons. The van der Waals surface area contributed by atoms with Gasteiger partial charge in [-0.3, -0.25) is 19.9 Å². The zero-order valence-corrected chi connectivity index (χ0v) is 19.4. The van der Waals surface area contributed by atoms with Crippen LogP contribution < -0.4 is 10.9 Å². The lowest BCUT2D eigenvalue weighted by Crippen LogP contribution is -2.40. The second kappa shape index (κ2) is 8.04. The van der Waals surface area contributed by atoms with Crippen LogP contribution in [0.3, 0.4) is 0 Å². The molecule has 29 heavy (non-hydrogen) atoms. The van der Waals surface area contributed by atoms with Crippen LogP contribution in [0.15, 0.2) is 11.0 Å². The van der Waals surface area contributed by atoms with Crippen molar-refractivity contribution in [1.82, 2.24) is 19.9 Å². The van der Waals surface area contributed by atoms with Crippen molar-refractivity contribution in [2.24, 2.45) is 5.41 Å². The molecule has 2 aromatic rings. The molecule has 2 aromatic heterocycles. The predicted octanol–water partition coefficient (Wildman–Crippen LogP) is 3.07. The lowest BCUT2D eigenvalue weighted by Gasteiger charge is -2.35. The van der Waals surface area contributed by atoms with E-state index in [4.69, 9.17) is 4.43 Å². The maximum absolute atomic E-state index is 12.3. The molecule has 2 rings (SSSR count). The molecule has 0 unspecified atom stereocenters. The Morgan fingerprint density at radius 3 is 2.45 bits per heavy atom. The second-order valence-corrected chi connectivity index (χ2v) is 14.2. The quantitative estimate of drug-likeness (QED) is 0.589. The van der Waals surface area contributed by atoms with Gasteiger partial charge >= 0.3 is 0 Å². The van der Waals surface area contributed by atoms with Crippen LogP contribution in [0.4, 0.5) is 5.95 Å². The summed E-state index contributed by atoms with van der Waals surface area (Å²) in [5.41, 5.74) is -0.551. The normalized spacial score (nSPS) is 12.4. The number of H-pyrrole nitrogens is 1. The van der Waals surface area contributed by atoms with Gasteiger partial charge in [0.2, 0.25) is 11.9 Å². The van der Waals surface area contributed by atoms with Gasteiger partial charge in [0.1, 0.15) is 5.69 Å². The summed E-state index contributed by atoms with van der Waals surface area (Å²) in [6.07, 6.45) is 1.45. The highest BCUT2D eigenvalue weighted by Crippen LogP contribution is 2.36. The van der Waals surface area contributed by atoms with Crippen LogP contribution in [-0.2, 0) is 9.22 Å².